The number of amides is 2. The van der Waals surface area contributed by atoms with Crippen LogP contribution in [0.4, 0.5) is 0 Å². The molecule has 1 aliphatic rings. The van der Waals surface area contributed by atoms with Crippen LogP contribution in [0.2, 0.25) is 0 Å². The molecule has 0 saturated carbocycles. The van der Waals surface area contributed by atoms with E-state index in [1.165, 1.54) is 0 Å². The summed E-state index contributed by atoms with van der Waals surface area (Å²) in [5.41, 5.74) is 1.51. The Morgan fingerprint density at radius 2 is 2.09 bits per heavy atom. The van der Waals surface area contributed by atoms with Gasteiger partial charge in [-0.05, 0) is 31.2 Å². The van der Waals surface area contributed by atoms with Gasteiger partial charge in [-0.3, -0.25) is 9.59 Å². The number of carbonyl (C=O) groups excluding carboxylic acids is 2. The van der Waals surface area contributed by atoms with Gasteiger partial charge in [0.1, 0.15) is 5.76 Å². The van der Waals surface area contributed by atoms with Crippen LogP contribution in [0.1, 0.15) is 23.7 Å². The zero-order chi connectivity index (χ0) is 15.5. The smallest absolute Gasteiger partial charge is 0.251 e. The summed E-state index contributed by atoms with van der Waals surface area (Å²) in [4.78, 5) is 25.7. The summed E-state index contributed by atoms with van der Waals surface area (Å²) in [6, 6.07) is 10.8. The van der Waals surface area contributed by atoms with E-state index in [0.717, 1.165) is 11.3 Å². The Morgan fingerprint density at radius 3 is 2.68 bits per heavy atom. The van der Waals surface area contributed by atoms with Crippen LogP contribution in [-0.4, -0.2) is 35.8 Å². The van der Waals surface area contributed by atoms with Crippen molar-refractivity contribution in [1.29, 1.82) is 0 Å². The largest absolute Gasteiger partial charge is 0.464 e. The number of likely N-dealkylation sites (N-methyl/N-ethyl adjacent to an activating group) is 1. The summed E-state index contributed by atoms with van der Waals surface area (Å²) in [5, 5.41) is 2.92. The van der Waals surface area contributed by atoms with Crippen LogP contribution >= 0.6 is 0 Å². The molecule has 1 atom stereocenters. The first-order chi connectivity index (χ1) is 10.7. The molecule has 1 aromatic carbocycles. The van der Waals surface area contributed by atoms with Crippen molar-refractivity contribution in [1.82, 2.24) is 10.2 Å². The van der Waals surface area contributed by atoms with Crippen LogP contribution < -0.4 is 5.32 Å². The lowest BCUT2D eigenvalue weighted by atomic mass is 10.1. The number of likely N-dealkylation sites (tertiary alicyclic amines) is 1. The van der Waals surface area contributed by atoms with Crippen LogP contribution in [0.5, 0.6) is 0 Å². The van der Waals surface area contributed by atoms with E-state index in [2.05, 4.69) is 5.32 Å². The lowest BCUT2D eigenvalue weighted by molar-refractivity contribution is -0.127. The number of carbonyl (C=O) groups is 2. The highest BCUT2D eigenvalue weighted by atomic mass is 16.3. The van der Waals surface area contributed by atoms with Crippen molar-refractivity contribution in [2.75, 3.05) is 13.1 Å². The van der Waals surface area contributed by atoms with Gasteiger partial charge in [0, 0.05) is 30.6 Å². The SMILES string of the molecule is CCN1CC(NC(=O)c2ccc(-c3ccco3)cc2)CC1=O. The maximum atomic E-state index is 12.2. The monoisotopic (exact) mass is 298 g/mol. The predicted octanol–water partition coefficient (Wildman–Crippen LogP) is 2.30. The first-order valence-corrected chi connectivity index (χ1v) is 7.40. The second-order valence-corrected chi connectivity index (χ2v) is 5.36. The van der Waals surface area contributed by atoms with Crippen molar-refractivity contribution < 1.29 is 14.0 Å². The number of hydrogen-bond acceptors (Lipinski definition) is 3. The zero-order valence-corrected chi connectivity index (χ0v) is 12.4. The molecule has 22 heavy (non-hydrogen) atoms. The summed E-state index contributed by atoms with van der Waals surface area (Å²) >= 11 is 0. The summed E-state index contributed by atoms with van der Waals surface area (Å²) in [7, 11) is 0. The molecule has 2 aromatic rings. The van der Waals surface area contributed by atoms with Crippen molar-refractivity contribution in [2.45, 2.75) is 19.4 Å². The van der Waals surface area contributed by atoms with Crippen LogP contribution in [0.3, 0.4) is 0 Å². The topological polar surface area (TPSA) is 62.6 Å². The lowest BCUT2D eigenvalue weighted by Gasteiger charge is -2.14. The van der Waals surface area contributed by atoms with E-state index >= 15 is 0 Å². The van der Waals surface area contributed by atoms with Gasteiger partial charge in [0.25, 0.3) is 5.91 Å². The minimum Gasteiger partial charge on any atom is -0.464 e. The van der Waals surface area contributed by atoms with Gasteiger partial charge >= 0.3 is 0 Å². The molecule has 3 rings (SSSR count). The molecule has 0 radical (unpaired) electrons. The van der Waals surface area contributed by atoms with Crippen molar-refractivity contribution in [2.24, 2.45) is 0 Å². The van der Waals surface area contributed by atoms with Gasteiger partial charge < -0.3 is 14.6 Å². The number of rotatable bonds is 4. The Kier molecular flexibility index (Phi) is 3.96. The summed E-state index contributed by atoms with van der Waals surface area (Å²) in [6.45, 7) is 3.21. The normalized spacial score (nSPS) is 17.8. The molecule has 2 amide bonds. The van der Waals surface area contributed by atoms with Crippen LogP contribution in [0.25, 0.3) is 11.3 Å². The second kappa shape index (κ2) is 6.05. The molecule has 1 fully saturated rings. The molecule has 0 bridgehead atoms. The summed E-state index contributed by atoms with van der Waals surface area (Å²) in [6.07, 6.45) is 2.00. The predicted molar refractivity (Wildman–Crippen MR) is 82.3 cm³/mol. The van der Waals surface area contributed by atoms with Crippen LogP contribution in [-0.2, 0) is 4.79 Å². The Hall–Kier alpha value is -2.56. The third kappa shape index (κ3) is 2.88. The highest BCUT2D eigenvalue weighted by molar-refractivity contribution is 5.95. The third-order valence-corrected chi connectivity index (χ3v) is 3.88. The van der Waals surface area contributed by atoms with Gasteiger partial charge in [-0.2, -0.15) is 0 Å². The Labute approximate surface area is 128 Å². The van der Waals surface area contributed by atoms with Gasteiger partial charge in [0.2, 0.25) is 5.91 Å². The van der Waals surface area contributed by atoms with Gasteiger partial charge in [0.15, 0.2) is 0 Å². The lowest BCUT2D eigenvalue weighted by Crippen LogP contribution is -2.37. The van der Waals surface area contributed by atoms with Crippen LogP contribution in [0, 0.1) is 0 Å². The van der Waals surface area contributed by atoms with Crippen molar-refractivity contribution in [3.8, 4) is 11.3 Å². The van der Waals surface area contributed by atoms with Gasteiger partial charge in [-0.15, -0.1) is 0 Å². The third-order valence-electron chi connectivity index (χ3n) is 3.88. The Bertz CT molecular complexity index is 662. The molecular weight excluding hydrogens is 280 g/mol. The summed E-state index contributed by atoms with van der Waals surface area (Å²) in [5.74, 6) is 0.717. The summed E-state index contributed by atoms with van der Waals surface area (Å²) < 4.78 is 5.32. The number of hydrogen-bond donors (Lipinski definition) is 1. The highest BCUT2D eigenvalue weighted by Gasteiger charge is 2.29. The van der Waals surface area contributed by atoms with E-state index in [1.807, 2.05) is 31.2 Å². The van der Waals surface area contributed by atoms with E-state index in [-0.39, 0.29) is 17.9 Å². The fraction of sp³-hybridized carbons (Fsp3) is 0.294. The standard InChI is InChI=1S/C17H18N2O3/c1-2-19-11-14(10-16(19)20)18-17(21)13-7-5-12(6-8-13)15-4-3-9-22-15/h3-9,14H,2,10-11H2,1H3,(H,18,21). The van der Waals surface area contributed by atoms with Gasteiger partial charge in [0.05, 0.1) is 12.3 Å². The molecule has 1 unspecified atom stereocenters. The number of nitrogens with one attached hydrogen (secondary N) is 1. The van der Waals surface area contributed by atoms with Gasteiger partial charge in [-0.1, -0.05) is 12.1 Å². The second-order valence-electron chi connectivity index (χ2n) is 5.36. The molecule has 1 aliphatic heterocycles. The molecule has 1 saturated heterocycles. The maximum Gasteiger partial charge on any atom is 0.251 e. The molecule has 1 N–H and O–H groups in total. The van der Waals surface area contributed by atoms with E-state index < -0.39 is 0 Å². The first-order valence-electron chi connectivity index (χ1n) is 7.40. The quantitative estimate of drug-likeness (QED) is 0.942. The van der Waals surface area contributed by atoms with E-state index in [9.17, 15) is 9.59 Å². The molecule has 5 nitrogen and oxygen atoms in total. The number of nitrogens with zero attached hydrogens (tertiary/aromatic N) is 1. The van der Waals surface area contributed by atoms with Gasteiger partial charge in [-0.25, -0.2) is 0 Å². The molecule has 5 heteroatoms. The van der Waals surface area contributed by atoms with E-state index in [1.54, 1.807) is 23.3 Å². The molecule has 1 aromatic heterocycles. The van der Waals surface area contributed by atoms with Crippen molar-refractivity contribution in [3.05, 3.63) is 48.2 Å². The highest BCUT2D eigenvalue weighted by Crippen LogP contribution is 2.20. The Morgan fingerprint density at radius 1 is 1.32 bits per heavy atom. The maximum absolute atomic E-state index is 12.2. The Balaban J connectivity index is 1.64. The van der Waals surface area contributed by atoms with Crippen molar-refractivity contribution in [3.63, 3.8) is 0 Å². The minimum atomic E-state index is -0.151. The fourth-order valence-electron chi connectivity index (χ4n) is 2.67. The number of furan rings is 1. The molecular formula is C17H18N2O3. The average Bonchev–Trinajstić information content (AvgIpc) is 3.17. The van der Waals surface area contributed by atoms with Crippen LogP contribution in [0.15, 0.2) is 47.1 Å². The molecule has 0 spiro atoms. The zero-order valence-electron chi connectivity index (χ0n) is 12.4. The van der Waals surface area contributed by atoms with E-state index in [0.29, 0.717) is 25.1 Å². The molecule has 2 heterocycles. The fourth-order valence-corrected chi connectivity index (χ4v) is 2.67. The van der Waals surface area contributed by atoms with Crippen molar-refractivity contribution >= 4 is 11.8 Å². The first kappa shape index (κ1) is 14.4. The average molecular weight is 298 g/mol. The minimum absolute atomic E-state index is 0.0981. The molecule has 114 valence electrons. The molecule has 0 aliphatic carbocycles. The number of benzene rings is 1. The van der Waals surface area contributed by atoms with E-state index in [4.69, 9.17) is 4.42 Å².